The fourth-order valence-corrected chi connectivity index (χ4v) is 2.67. The third-order valence-corrected chi connectivity index (χ3v) is 4.18. The van der Waals surface area contributed by atoms with Crippen molar-refractivity contribution in [2.45, 2.75) is 26.8 Å². The summed E-state index contributed by atoms with van der Waals surface area (Å²) in [7, 11) is 6.54. The van der Waals surface area contributed by atoms with Crippen LogP contribution in [0, 0.1) is 13.8 Å². The number of rotatable bonds is 8. The molecule has 0 aliphatic heterocycles. The number of hydrogen-bond donors (Lipinski definition) is 2. The van der Waals surface area contributed by atoms with Gasteiger partial charge in [0.05, 0.1) is 33.6 Å². The second-order valence-electron chi connectivity index (χ2n) is 5.85. The molecule has 1 heterocycles. The molecule has 156 valence electrons. The summed E-state index contributed by atoms with van der Waals surface area (Å²) in [5.74, 6) is 4.04. The van der Waals surface area contributed by atoms with Crippen molar-refractivity contribution in [2.75, 3.05) is 34.9 Å². The zero-order valence-electron chi connectivity index (χ0n) is 17.2. The SMILES string of the molecule is CN=C(NCCc1ccc(OC)c(OC)c1OC)NCc1nc(C)c(C)o1.I. The minimum atomic E-state index is 0. The van der Waals surface area contributed by atoms with Gasteiger partial charge in [-0.1, -0.05) is 6.07 Å². The molecule has 1 aromatic heterocycles. The number of aryl methyl sites for hydroxylation is 2. The van der Waals surface area contributed by atoms with E-state index in [1.807, 2.05) is 26.0 Å². The second kappa shape index (κ2) is 11.6. The van der Waals surface area contributed by atoms with Gasteiger partial charge in [0.1, 0.15) is 5.76 Å². The Morgan fingerprint density at radius 3 is 2.32 bits per heavy atom. The molecular formula is C19H29IN4O4. The first kappa shape index (κ1) is 23.9. The Balaban J connectivity index is 0.00000392. The van der Waals surface area contributed by atoms with Crippen molar-refractivity contribution in [3.63, 3.8) is 0 Å². The molecule has 0 unspecified atom stereocenters. The van der Waals surface area contributed by atoms with Gasteiger partial charge in [0.15, 0.2) is 17.5 Å². The van der Waals surface area contributed by atoms with Crippen molar-refractivity contribution in [3.8, 4) is 17.2 Å². The lowest BCUT2D eigenvalue weighted by Crippen LogP contribution is -2.38. The van der Waals surface area contributed by atoms with Gasteiger partial charge in [0.25, 0.3) is 0 Å². The molecule has 0 saturated carbocycles. The van der Waals surface area contributed by atoms with Gasteiger partial charge in [-0.25, -0.2) is 4.98 Å². The van der Waals surface area contributed by atoms with Crippen LogP contribution in [0.5, 0.6) is 17.2 Å². The van der Waals surface area contributed by atoms with Crippen molar-refractivity contribution < 1.29 is 18.6 Å². The summed E-state index contributed by atoms with van der Waals surface area (Å²) in [6.45, 7) is 4.95. The van der Waals surface area contributed by atoms with Gasteiger partial charge < -0.3 is 29.3 Å². The van der Waals surface area contributed by atoms with E-state index in [-0.39, 0.29) is 24.0 Å². The average Bonchev–Trinajstić information content (AvgIpc) is 3.01. The number of ether oxygens (including phenoxy) is 3. The Labute approximate surface area is 183 Å². The number of halogens is 1. The summed E-state index contributed by atoms with van der Waals surface area (Å²) in [6.07, 6.45) is 0.724. The van der Waals surface area contributed by atoms with Gasteiger partial charge in [-0.15, -0.1) is 24.0 Å². The third-order valence-electron chi connectivity index (χ3n) is 4.18. The fraction of sp³-hybridized carbons (Fsp3) is 0.474. The van der Waals surface area contributed by atoms with Crippen LogP contribution in [0.1, 0.15) is 22.9 Å². The molecule has 8 nitrogen and oxygen atoms in total. The van der Waals surface area contributed by atoms with Crippen molar-refractivity contribution in [2.24, 2.45) is 4.99 Å². The average molecular weight is 504 g/mol. The van der Waals surface area contributed by atoms with Crippen LogP contribution in [0.25, 0.3) is 0 Å². The van der Waals surface area contributed by atoms with Gasteiger partial charge in [0, 0.05) is 19.2 Å². The lowest BCUT2D eigenvalue weighted by molar-refractivity contribution is 0.322. The first-order valence-corrected chi connectivity index (χ1v) is 8.69. The van der Waals surface area contributed by atoms with Crippen molar-refractivity contribution >= 4 is 29.9 Å². The van der Waals surface area contributed by atoms with E-state index in [0.717, 1.165) is 23.4 Å². The van der Waals surface area contributed by atoms with Gasteiger partial charge in [-0.2, -0.15) is 0 Å². The van der Waals surface area contributed by atoms with Crippen LogP contribution >= 0.6 is 24.0 Å². The minimum absolute atomic E-state index is 0. The predicted octanol–water partition coefficient (Wildman–Crippen LogP) is 2.84. The molecule has 0 atom stereocenters. The molecule has 0 bridgehead atoms. The summed E-state index contributed by atoms with van der Waals surface area (Å²) in [5.41, 5.74) is 1.91. The molecule has 28 heavy (non-hydrogen) atoms. The van der Waals surface area contributed by atoms with E-state index in [1.165, 1.54) is 0 Å². The Bertz CT molecular complexity index is 773. The summed E-state index contributed by atoms with van der Waals surface area (Å²) in [4.78, 5) is 8.56. The highest BCUT2D eigenvalue weighted by molar-refractivity contribution is 14.0. The van der Waals surface area contributed by atoms with E-state index >= 15 is 0 Å². The zero-order chi connectivity index (χ0) is 19.8. The number of aromatic nitrogens is 1. The monoisotopic (exact) mass is 504 g/mol. The summed E-state index contributed by atoms with van der Waals surface area (Å²) < 4.78 is 21.8. The number of guanidine groups is 1. The van der Waals surface area contributed by atoms with E-state index in [4.69, 9.17) is 18.6 Å². The second-order valence-corrected chi connectivity index (χ2v) is 5.85. The molecule has 0 aliphatic rings. The molecule has 0 saturated heterocycles. The number of oxazole rings is 1. The summed E-state index contributed by atoms with van der Waals surface area (Å²) in [6, 6.07) is 3.84. The number of methoxy groups -OCH3 is 3. The van der Waals surface area contributed by atoms with Crippen LogP contribution in [-0.2, 0) is 13.0 Å². The number of nitrogens with zero attached hydrogens (tertiary/aromatic N) is 2. The van der Waals surface area contributed by atoms with Crippen LogP contribution in [0.4, 0.5) is 0 Å². The first-order chi connectivity index (χ1) is 13.0. The van der Waals surface area contributed by atoms with Gasteiger partial charge in [-0.3, -0.25) is 4.99 Å². The standard InChI is InChI=1S/C19H28N4O4.HI/c1-12-13(2)27-16(23-12)11-22-19(20-3)21-10-9-14-7-8-15(24-4)18(26-6)17(14)25-5;/h7-8H,9-11H2,1-6H3,(H2,20,21,22);1H. The molecular weight excluding hydrogens is 475 g/mol. The van der Waals surface area contributed by atoms with E-state index < -0.39 is 0 Å². The first-order valence-electron chi connectivity index (χ1n) is 8.69. The Kier molecular flexibility index (Phi) is 9.91. The number of benzene rings is 1. The van der Waals surface area contributed by atoms with E-state index in [9.17, 15) is 0 Å². The van der Waals surface area contributed by atoms with Crippen LogP contribution in [0.15, 0.2) is 21.5 Å². The maximum absolute atomic E-state index is 5.56. The topological polar surface area (TPSA) is 90.1 Å². The smallest absolute Gasteiger partial charge is 0.214 e. The molecule has 0 amide bonds. The van der Waals surface area contributed by atoms with Crippen molar-refractivity contribution in [1.29, 1.82) is 0 Å². The van der Waals surface area contributed by atoms with Crippen molar-refractivity contribution in [3.05, 3.63) is 35.0 Å². The summed E-state index contributed by atoms with van der Waals surface area (Å²) in [5, 5.41) is 6.46. The highest BCUT2D eigenvalue weighted by Crippen LogP contribution is 2.39. The van der Waals surface area contributed by atoms with E-state index in [1.54, 1.807) is 28.4 Å². The quantitative estimate of drug-likeness (QED) is 0.325. The minimum Gasteiger partial charge on any atom is -0.493 e. The van der Waals surface area contributed by atoms with Crippen LogP contribution in [0.2, 0.25) is 0 Å². The van der Waals surface area contributed by atoms with Crippen LogP contribution < -0.4 is 24.8 Å². The Hall–Kier alpha value is -2.17. The largest absolute Gasteiger partial charge is 0.493 e. The molecule has 1 aromatic carbocycles. The lowest BCUT2D eigenvalue weighted by atomic mass is 10.1. The highest BCUT2D eigenvalue weighted by Gasteiger charge is 2.15. The Morgan fingerprint density at radius 2 is 1.79 bits per heavy atom. The van der Waals surface area contributed by atoms with E-state index in [0.29, 0.717) is 42.2 Å². The molecule has 2 N–H and O–H groups in total. The van der Waals surface area contributed by atoms with E-state index in [2.05, 4.69) is 20.6 Å². The number of nitrogens with one attached hydrogen (secondary N) is 2. The number of aliphatic imine (C=N–C) groups is 1. The highest BCUT2D eigenvalue weighted by atomic mass is 127. The molecule has 2 rings (SSSR count). The van der Waals surface area contributed by atoms with Crippen LogP contribution in [0.3, 0.4) is 0 Å². The van der Waals surface area contributed by atoms with Gasteiger partial charge in [0.2, 0.25) is 11.6 Å². The molecule has 0 spiro atoms. The normalized spacial score (nSPS) is 10.9. The van der Waals surface area contributed by atoms with Gasteiger partial charge in [-0.05, 0) is 26.3 Å². The maximum Gasteiger partial charge on any atom is 0.214 e. The van der Waals surface area contributed by atoms with Gasteiger partial charge >= 0.3 is 0 Å². The Morgan fingerprint density at radius 1 is 1.07 bits per heavy atom. The molecule has 0 radical (unpaired) electrons. The van der Waals surface area contributed by atoms with Crippen molar-refractivity contribution in [1.82, 2.24) is 15.6 Å². The molecule has 2 aromatic rings. The lowest BCUT2D eigenvalue weighted by Gasteiger charge is -2.16. The molecule has 0 fully saturated rings. The zero-order valence-corrected chi connectivity index (χ0v) is 19.5. The molecule has 0 aliphatic carbocycles. The number of hydrogen-bond acceptors (Lipinski definition) is 6. The predicted molar refractivity (Wildman–Crippen MR) is 119 cm³/mol. The molecule has 9 heteroatoms. The maximum atomic E-state index is 5.56. The fourth-order valence-electron chi connectivity index (χ4n) is 2.67. The third kappa shape index (κ3) is 5.91. The summed E-state index contributed by atoms with van der Waals surface area (Å²) >= 11 is 0. The van der Waals surface area contributed by atoms with Crippen LogP contribution in [-0.4, -0.2) is 45.9 Å².